The summed E-state index contributed by atoms with van der Waals surface area (Å²) < 4.78 is 13.7. The molecule has 2 fully saturated rings. The van der Waals surface area contributed by atoms with Gasteiger partial charge in [-0.2, -0.15) is 0 Å². The lowest BCUT2D eigenvalue weighted by Crippen LogP contribution is -2.26. The number of nitrogens with two attached hydrogens (primary N) is 1. The van der Waals surface area contributed by atoms with Crippen molar-refractivity contribution in [1.82, 2.24) is 15.3 Å². The summed E-state index contributed by atoms with van der Waals surface area (Å²) in [6.45, 7) is 1.91. The lowest BCUT2D eigenvalue weighted by Gasteiger charge is -2.20. The van der Waals surface area contributed by atoms with E-state index >= 15 is 0 Å². The highest BCUT2D eigenvalue weighted by atomic mass is 32.1. The van der Waals surface area contributed by atoms with Crippen molar-refractivity contribution in [2.24, 2.45) is 0 Å². The monoisotopic (exact) mass is 447 g/mol. The molecule has 0 bridgehead atoms. The second-order valence-electron chi connectivity index (χ2n) is 8.39. The molecule has 7 heteroatoms. The molecule has 1 aliphatic carbocycles. The van der Waals surface area contributed by atoms with Crippen molar-refractivity contribution < 1.29 is 11.3 Å². The molecule has 2 aromatic heterocycles. The van der Waals surface area contributed by atoms with Crippen molar-refractivity contribution in [3.63, 3.8) is 0 Å². The van der Waals surface area contributed by atoms with Crippen molar-refractivity contribution in [2.45, 2.75) is 43.8 Å². The number of thiazole rings is 1. The standard InChI is InChI=1S/C25H26N4O2S/c26-23-21(31-16-18-3-1-2-17(12-18)4-7-25(30)8-9-25)13-20(14-28-23)22-15-29-24(32-22)19-5-10-27-11-6-19/h1-3,12-15,19,27,30H,5-6,8-11,16H2,(H2,26,28)/i/hD. The van der Waals surface area contributed by atoms with Crippen LogP contribution in [-0.4, -0.2) is 33.8 Å². The first-order valence-corrected chi connectivity index (χ1v) is 11.7. The van der Waals surface area contributed by atoms with Gasteiger partial charge < -0.3 is 20.9 Å². The molecule has 164 valence electrons. The third-order valence-corrected chi connectivity index (χ3v) is 7.00. The summed E-state index contributed by atoms with van der Waals surface area (Å²) in [4.78, 5) is 10.0. The zero-order valence-corrected chi connectivity index (χ0v) is 18.6. The molecule has 0 amide bonds. The van der Waals surface area contributed by atoms with Crippen molar-refractivity contribution in [3.05, 3.63) is 58.9 Å². The number of anilines is 1. The normalized spacial score (nSPS) is 18.5. The minimum atomic E-state index is -0.789. The molecule has 1 saturated heterocycles. The number of nitrogen functional groups attached to an aromatic ring is 1. The minimum Gasteiger partial charge on any atom is -0.485 e. The smallest absolute Gasteiger partial charge is 0.166 e. The van der Waals surface area contributed by atoms with Crippen LogP contribution in [0.1, 0.15) is 47.7 Å². The largest absolute Gasteiger partial charge is 0.485 e. The number of hydrogen-bond acceptors (Lipinski definition) is 7. The van der Waals surface area contributed by atoms with Crippen LogP contribution in [0.25, 0.3) is 10.4 Å². The second kappa shape index (κ2) is 8.91. The van der Waals surface area contributed by atoms with E-state index in [1.165, 1.54) is 0 Å². The number of rotatable bonds is 5. The van der Waals surface area contributed by atoms with Crippen LogP contribution in [0.2, 0.25) is 1.41 Å². The SMILES string of the molecule is [2H]N1CCC(c2ncc(-c3cnc(N)c(OCc4cccc(C#CC5(O)CC5)c4)c3)s2)CC1. The van der Waals surface area contributed by atoms with Crippen LogP contribution in [0.5, 0.6) is 5.75 Å². The van der Waals surface area contributed by atoms with Crippen molar-refractivity contribution in [1.29, 1.82) is 0 Å². The zero-order chi connectivity index (χ0) is 22.8. The highest BCUT2D eigenvalue weighted by Crippen LogP contribution is 2.36. The summed E-state index contributed by atoms with van der Waals surface area (Å²) in [7, 11) is 0. The number of nitrogens with zero attached hydrogens (tertiary/aromatic N) is 2. The molecule has 32 heavy (non-hydrogen) atoms. The van der Waals surface area contributed by atoms with Gasteiger partial charge in [-0.25, -0.2) is 9.97 Å². The molecule has 0 atom stereocenters. The molecular weight excluding hydrogens is 420 g/mol. The van der Waals surface area contributed by atoms with Gasteiger partial charge in [-0.05, 0) is 62.5 Å². The molecule has 3 aromatic rings. The quantitative estimate of drug-likeness (QED) is 0.517. The first-order chi connectivity index (χ1) is 16.0. The van der Waals surface area contributed by atoms with Gasteiger partial charge in [-0.1, -0.05) is 24.0 Å². The van der Waals surface area contributed by atoms with Gasteiger partial charge in [-0.3, -0.25) is 0 Å². The molecule has 0 unspecified atom stereocenters. The molecule has 0 spiro atoms. The summed E-state index contributed by atoms with van der Waals surface area (Å²) in [5.41, 5.74) is 8.04. The highest BCUT2D eigenvalue weighted by molar-refractivity contribution is 7.15. The van der Waals surface area contributed by atoms with Gasteiger partial charge in [0.25, 0.3) is 0 Å². The number of pyridine rings is 1. The average molecular weight is 448 g/mol. The Morgan fingerprint density at radius 2 is 2.09 bits per heavy atom. The fraction of sp³-hybridized carbons (Fsp3) is 0.360. The van der Waals surface area contributed by atoms with Crippen LogP contribution in [-0.2, 0) is 6.61 Å². The number of hydrogen-bond donors (Lipinski definition) is 3. The average Bonchev–Trinajstić information content (AvgIpc) is 3.36. The topological polar surface area (TPSA) is 93.3 Å². The molecule has 2 aliphatic rings. The first kappa shape index (κ1) is 19.7. The van der Waals surface area contributed by atoms with Crippen LogP contribution < -0.4 is 15.8 Å². The summed E-state index contributed by atoms with van der Waals surface area (Å²) in [6, 6.07) is 9.71. The molecule has 3 heterocycles. The number of aliphatic hydroxyl groups is 1. The Morgan fingerprint density at radius 3 is 2.91 bits per heavy atom. The maximum Gasteiger partial charge on any atom is 0.166 e. The van der Waals surface area contributed by atoms with E-state index < -0.39 is 5.60 Å². The van der Waals surface area contributed by atoms with Gasteiger partial charge in [-0.15, -0.1) is 11.3 Å². The number of piperidine rings is 1. The molecule has 5 rings (SSSR count). The van der Waals surface area contributed by atoms with E-state index in [9.17, 15) is 5.11 Å². The van der Waals surface area contributed by atoms with Gasteiger partial charge in [0.05, 0.1) is 9.88 Å². The van der Waals surface area contributed by atoms with Crippen molar-refractivity contribution in [3.8, 4) is 28.0 Å². The molecule has 1 aliphatic heterocycles. The van der Waals surface area contributed by atoms with E-state index in [1.807, 2.05) is 36.5 Å². The third-order valence-electron chi connectivity index (χ3n) is 5.79. The third kappa shape index (κ3) is 4.94. The van der Waals surface area contributed by atoms with Gasteiger partial charge in [0.2, 0.25) is 0 Å². The minimum absolute atomic E-state index is 0.342. The molecule has 4 N–H and O–H groups in total. The van der Waals surface area contributed by atoms with E-state index in [0.717, 1.165) is 65.3 Å². The number of benzene rings is 1. The Labute approximate surface area is 193 Å². The van der Waals surface area contributed by atoms with Crippen LogP contribution in [0.15, 0.2) is 42.7 Å². The number of ether oxygens (including phenoxy) is 1. The predicted molar refractivity (Wildman–Crippen MR) is 126 cm³/mol. The van der Waals surface area contributed by atoms with Gasteiger partial charge in [0.15, 0.2) is 11.6 Å². The highest BCUT2D eigenvalue weighted by Gasteiger charge is 2.38. The van der Waals surface area contributed by atoms with Crippen LogP contribution in [0.3, 0.4) is 0 Å². The van der Waals surface area contributed by atoms with E-state index in [0.29, 0.717) is 24.1 Å². The van der Waals surface area contributed by atoms with E-state index in [-0.39, 0.29) is 0 Å². The van der Waals surface area contributed by atoms with Crippen LogP contribution in [0.4, 0.5) is 5.82 Å². The second-order valence-corrected chi connectivity index (χ2v) is 9.45. The fourth-order valence-corrected chi connectivity index (χ4v) is 4.71. The van der Waals surface area contributed by atoms with E-state index in [1.54, 1.807) is 22.8 Å². The first-order valence-electron chi connectivity index (χ1n) is 11.3. The predicted octanol–water partition coefficient (Wildman–Crippen LogP) is 3.71. The Hall–Kier alpha value is -2.92. The van der Waals surface area contributed by atoms with Gasteiger partial charge in [0, 0.05) is 29.4 Å². The van der Waals surface area contributed by atoms with Gasteiger partial charge in [0.1, 0.15) is 13.6 Å². The fourth-order valence-electron chi connectivity index (χ4n) is 3.64. The van der Waals surface area contributed by atoms with Crippen LogP contribution in [0, 0.1) is 11.8 Å². The molecular formula is C25H26N4O2S. The Morgan fingerprint density at radius 1 is 1.25 bits per heavy atom. The molecule has 1 aromatic carbocycles. The summed E-state index contributed by atoms with van der Waals surface area (Å²) in [5, 5.41) is 12.7. The Bertz CT molecular complexity index is 1210. The zero-order valence-electron chi connectivity index (χ0n) is 18.8. The summed E-state index contributed by atoms with van der Waals surface area (Å²) >= 11 is 1.67. The maximum atomic E-state index is 9.92. The van der Waals surface area contributed by atoms with Gasteiger partial charge >= 0.3 is 0 Å². The lowest BCUT2D eigenvalue weighted by molar-refractivity contribution is 0.212. The van der Waals surface area contributed by atoms with Crippen LogP contribution >= 0.6 is 11.3 Å². The lowest BCUT2D eigenvalue weighted by atomic mass is 9.99. The Balaban J connectivity index is 1.27. The van der Waals surface area contributed by atoms with E-state index in [2.05, 4.69) is 21.8 Å². The molecule has 1 saturated carbocycles. The summed E-state index contributed by atoms with van der Waals surface area (Å²) in [5.74, 6) is 7.28. The maximum absolute atomic E-state index is 9.92. The molecule has 6 nitrogen and oxygen atoms in total. The summed E-state index contributed by atoms with van der Waals surface area (Å²) in [6.07, 6.45) is 7.07. The number of nitrogens with one attached hydrogen (secondary N) is 1. The van der Waals surface area contributed by atoms with E-state index in [4.69, 9.17) is 11.9 Å². The molecule has 0 radical (unpaired) electrons. The Kier molecular flexibility index (Phi) is 5.50. The van der Waals surface area contributed by atoms with Crippen molar-refractivity contribution >= 4 is 17.2 Å². The van der Waals surface area contributed by atoms with Crippen molar-refractivity contribution in [2.75, 3.05) is 18.8 Å². The number of aromatic nitrogens is 2.